The number of nitrogens with zero attached hydrogens (tertiary/aromatic N) is 2. The number of hydrogen-bond donors (Lipinski definition) is 1. The number of sulfonamides is 1. The molecule has 1 atom stereocenters. The summed E-state index contributed by atoms with van der Waals surface area (Å²) in [5, 5.41) is 3.71. The van der Waals surface area contributed by atoms with E-state index in [0.717, 1.165) is 30.0 Å². The third kappa shape index (κ3) is 6.47. The molecule has 206 valence electrons. The Labute approximate surface area is 233 Å². The van der Waals surface area contributed by atoms with Crippen LogP contribution in [-0.2, 0) is 26.2 Å². The molecule has 9 nitrogen and oxygen atoms in total. The maximum absolute atomic E-state index is 13.8. The van der Waals surface area contributed by atoms with Crippen LogP contribution in [0.25, 0.3) is 0 Å². The molecule has 0 saturated heterocycles. The quantitative estimate of drug-likeness (QED) is 0.445. The predicted molar refractivity (Wildman–Crippen MR) is 146 cm³/mol. The largest absolute Gasteiger partial charge is 0.454 e. The van der Waals surface area contributed by atoms with E-state index in [1.807, 2.05) is 0 Å². The number of carbonyl (C=O) groups excluding carboxylic acids is 2. The summed E-state index contributed by atoms with van der Waals surface area (Å²) < 4.78 is 38.0. The Hall–Kier alpha value is -2.69. The summed E-state index contributed by atoms with van der Waals surface area (Å²) in [5.41, 5.74) is 0.920. The Morgan fingerprint density at radius 1 is 1.05 bits per heavy atom. The van der Waals surface area contributed by atoms with Crippen molar-refractivity contribution in [2.75, 3.05) is 23.4 Å². The topological polar surface area (TPSA) is 105 Å². The maximum Gasteiger partial charge on any atom is 0.244 e. The summed E-state index contributed by atoms with van der Waals surface area (Å²) in [6, 6.07) is 8.86. The third-order valence-corrected chi connectivity index (χ3v) is 9.31. The van der Waals surface area contributed by atoms with Gasteiger partial charge in [0.25, 0.3) is 0 Å². The van der Waals surface area contributed by atoms with Gasteiger partial charge in [-0.05, 0) is 56.5 Å². The molecule has 2 amide bonds. The average Bonchev–Trinajstić information content (AvgIpc) is 3.58. The van der Waals surface area contributed by atoms with Crippen molar-refractivity contribution in [3.05, 3.63) is 52.0 Å². The molecule has 12 heteroatoms. The zero-order chi connectivity index (χ0) is 27.4. The molecule has 0 unspecified atom stereocenters. The first-order chi connectivity index (χ1) is 18.1. The monoisotopic (exact) mass is 583 g/mol. The molecule has 38 heavy (non-hydrogen) atoms. The molecule has 0 spiro atoms. The molecule has 2 aromatic rings. The number of halogens is 2. The van der Waals surface area contributed by atoms with Crippen molar-refractivity contribution < 1.29 is 27.5 Å². The molecule has 1 aliphatic heterocycles. The van der Waals surface area contributed by atoms with Gasteiger partial charge in [0, 0.05) is 18.7 Å². The van der Waals surface area contributed by atoms with Gasteiger partial charge in [-0.3, -0.25) is 13.9 Å². The highest BCUT2D eigenvalue weighted by Crippen LogP contribution is 2.36. The highest BCUT2D eigenvalue weighted by atomic mass is 35.5. The number of carbonyl (C=O) groups is 2. The van der Waals surface area contributed by atoms with Gasteiger partial charge in [-0.2, -0.15) is 0 Å². The molecule has 2 aromatic carbocycles. The number of benzene rings is 2. The van der Waals surface area contributed by atoms with Crippen LogP contribution in [0.5, 0.6) is 11.5 Å². The van der Waals surface area contributed by atoms with E-state index in [-0.39, 0.29) is 36.7 Å². The van der Waals surface area contributed by atoms with Crippen LogP contribution >= 0.6 is 23.2 Å². The van der Waals surface area contributed by atoms with Crippen LogP contribution in [0.4, 0.5) is 5.69 Å². The molecule has 1 heterocycles. The Morgan fingerprint density at radius 3 is 2.45 bits per heavy atom. The molecular weight excluding hydrogens is 553 g/mol. The van der Waals surface area contributed by atoms with Gasteiger partial charge in [-0.15, -0.1) is 0 Å². The third-order valence-electron chi connectivity index (χ3n) is 6.83. The van der Waals surface area contributed by atoms with E-state index in [0.29, 0.717) is 27.1 Å². The van der Waals surface area contributed by atoms with Crippen molar-refractivity contribution in [1.29, 1.82) is 0 Å². The van der Waals surface area contributed by atoms with Gasteiger partial charge in [-0.25, -0.2) is 8.42 Å². The lowest BCUT2D eigenvalue weighted by atomic mass is 10.1. The van der Waals surface area contributed by atoms with Gasteiger partial charge in [0.2, 0.25) is 28.6 Å². The summed E-state index contributed by atoms with van der Waals surface area (Å²) in [4.78, 5) is 28.3. The molecule has 1 saturated carbocycles. The Balaban J connectivity index is 1.63. The summed E-state index contributed by atoms with van der Waals surface area (Å²) in [7, 11) is -3.86. The minimum atomic E-state index is -3.86. The number of fused-ring (bicyclic) bond motifs is 1. The van der Waals surface area contributed by atoms with E-state index in [9.17, 15) is 18.0 Å². The number of amides is 2. The number of anilines is 1. The molecule has 1 aliphatic carbocycles. The van der Waals surface area contributed by atoms with Crippen molar-refractivity contribution in [1.82, 2.24) is 10.2 Å². The van der Waals surface area contributed by atoms with E-state index in [1.165, 1.54) is 17.9 Å². The van der Waals surface area contributed by atoms with Gasteiger partial charge >= 0.3 is 0 Å². The Morgan fingerprint density at radius 2 is 1.76 bits per heavy atom. The number of ether oxygens (including phenoxy) is 2. The van der Waals surface area contributed by atoms with Gasteiger partial charge in [0.05, 0.1) is 21.5 Å². The van der Waals surface area contributed by atoms with Gasteiger partial charge < -0.3 is 19.7 Å². The standard InChI is InChI=1S/C26H31Cl2N3O6S/c1-3-38(34,35)31(20-9-11-23-24(13-20)37-16-36-23)15-25(32)30(14-18-8-10-21(27)22(28)12-18)17(2)26(33)29-19-6-4-5-7-19/h8-13,17,19H,3-7,14-16H2,1-2H3,(H,29,33)/t17-/m0/s1. The Bertz CT molecular complexity index is 1300. The predicted octanol–water partition coefficient (Wildman–Crippen LogP) is 4.35. The van der Waals surface area contributed by atoms with Crippen LogP contribution in [0.1, 0.15) is 45.1 Å². The van der Waals surface area contributed by atoms with E-state index < -0.39 is 28.5 Å². The zero-order valence-corrected chi connectivity index (χ0v) is 23.6. The first kappa shape index (κ1) is 28.3. The summed E-state index contributed by atoms with van der Waals surface area (Å²) in [5.74, 6) is -0.173. The molecule has 0 radical (unpaired) electrons. The van der Waals surface area contributed by atoms with E-state index in [2.05, 4.69) is 5.32 Å². The molecule has 2 aliphatic rings. The minimum absolute atomic E-state index is 0.0310. The van der Waals surface area contributed by atoms with E-state index in [4.69, 9.17) is 32.7 Å². The fourth-order valence-electron chi connectivity index (χ4n) is 4.57. The average molecular weight is 585 g/mol. The van der Waals surface area contributed by atoms with Gasteiger partial charge in [0.15, 0.2) is 11.5 Å². The van der Waals surface area contributed by atoms with Crippen molar-refractivity contribution in [2.45, 2.75) is 58.2 Å². The van der Waals surface area contributed by atoms with Crippen LogP contribution in [0.3, 0.4) is 0 Å². The second-order valence-corrected chi connectivity index (χ2v) is 12.4. The smallest absolute Gasteiger partial charge is 0.244 e. The molecule has 1 fully saturated rings. The number of hydrogen-bond acceptors (Lipinski definition) is 6. The fraction of sp³-hybridized carbons (Fsp3) is 0.462. The normalized spacial score (nSPS) is 15.8. The molecule has 0 aromatic heterocycles. The first-order valence-corrected chi connectivity index (χ1v) is 14.9. The number of rotatable bonds is 10. The first-order valence-electron chi connectivity index (χ1n) is 12.5. The summed E-state index contributed by atoms with van der Waals surface area (Å²) >= 11 is 12.3. The van der Waals surface area contributed by atoms with Crippen molar-refractivity contribution >= 4 is 50.7 Å². The Kier molecular flexibility index (Phi) is 8.95. The van der Waals surface area contributed by atoms with Crippen molar-refractivity contribution in [3.63, 3.8) is 0 Å². The zero-order valence-electron chi connectivity index (χ0n) is 21.3. The second-order valence-electron chi connectivity index (χ2n) is 9.38. The minimum Gasteiger partial charge on any atom is -0.454 e. The van der Waals surface area contributed by atoms with Crippen LogP contribution in [0.2, 0.25) is 10.0 Å². The SMILES string of the molecule is CCS(=O)(=O)N(CC(=O)N(Cc1ccc(Cl)c(Cl)c1)[C@@H](C)C(=O)NC1CCCC1)c1ccc2c(c1)OCO2. The summed E-state index contributed by atoms with van der Waals surface area (Å²) in [6.07, 6.45) is 3.88. The lowest BCUT2D eigenvalue weighted by Crippen LogP contribution is -2.52. The maximum atomic E-state index is 13.8. The van der Waals surface area contributed by atoms with Crippen LogP contribution in [0, 0.1) is 0 Å². The molecule has 0 bridgehead atoms. The summed E-state index contributed by atoms with van der Waals surface area (Å²) in [6.45, 7) is 2.71. The second kappa shape index (κ2) is 12.0. The highest BCUT2D eigenvalue weighted by molar-refractivity contribution is 7.92. The van der Waals surface area contributed by atoms with E-state index >= 15 is 0 Å². The lowest BCUT2D eigenvalue weighted by Gasteiger charge is -2.32. The number of nitrogens with one attached hydrogen (secondary N) is 1. The van der Waals surface area contributed by atoms with Gasteiger partial charge in [0.1, 0.15) is 12.6 Å². The van der Waals surface area contributed by atoms with Crippen molar-refractivity contribution in [2.24, 2.45) is 0 Å². The van der Waals surface area contributed by atoms with Crippen molar-refractivity contribution in [3.8, 4) is 11.5 Å². The van der Waals surface area contributed by atoms with Crippen LogP contribution in [-0.4, -0.2) is 56.3 Å². The van der Waals surface area contributed by atoms with Gasteiger partial charge in [-0.1, -0.05) is 42.1 Å². The van der Waals surface area contributed by atoms with Crippen LogP contribution in [0.15, 0.2) is 36.4 Å². The molecule has 4 rings (SSSR count). The highest BCUT2D eigenvalue weighted by Gasteiger charge is 2.32. The lowest BCUT2D eigenvalue weighted by molar-refractivity contribution is -0.139. The fourth-order valence-corrected chi connectivity index (χ4v) is 5.94. The van der Waals surface area contributed by atoms with E-state index in [1.54, 1.807) is 37.3 Å². The molecular formula is C26H31Cl2N3O6S. The van der Waals surface area contributed by atoms with Crippen LogP contribution < -0.4 is 19.1 Å². The molecule has 1 N–H and O–H groups in total.